The number of rotatable bonds is 8. The minimum atomic E-state index is -0.489. The Morgan fingerprint density at radius 1 is 1.03 bits per heavy atom. The van der Waals surface area contributed by atoms with E-state index in [1.54, 1.807) is 12.1 Å². The molecule has 6 nitrogen and oxygen atoms in total. The van der Waals surface area contributed by atoms with Crippen molar-refractivity contribution in [2.24, 2.45) is 0 Å². The summed E-state index contributed by atoms with van der Waals surface area (Å²) in [6, 6.07) is 14.1. The first-order chi connectivity index (χ1) is 14.0. The van der Waals surface area contributed by atoms with Gasteiger partial charge in [-0.1, -0.05) is 37.7 Å². The predicted molar refractivity (Wildman–Crippen MR) is 114 cm³/mol. The van der Waals surface area contributed by atoms with E-state index in [9.17, 15) is 14.9 Å². The maximum absolute atomic E-state index is 13.4. The second-order valence-corrected chi connectivity index (χ2v) is 8.19. The Morgan fingerprint density at radius 2 is 1.55 bits per heavy atom. The van der Waals surface area contributed by atoms with Crippen molar-refractivity contribution in [3.05, 3.63) is 64.2 Å². The van der Waals surface area contributed by atoms with Crippen LogP contribution in [0, 0.1) is 10.1 Å². The van der Waals surface area contributed by atoms with Crippen molar-refractivity contribution in [1.29, 1.82) is 0 Å². The molecule has 1 heterocycles. The van der Waals surface area contributed by atoms with Crippen LogP contribution in [0.5, 0.6) is 0 Å². The zero-order chi connectivity index (χ0) is 20.9. The maximum Gasteiger partial charge on any atom is 0.269 e. The van der Waals surface area contributed by atoms with Gasteiger partial charge in [-0.05, 0) is 37.1 Å². The Bertz CT molecular complexity index is 842. The van der Waals surface area contributed by atoms with Gasteiger partial charge in [-0.2, -0.15) is 0 Å². The standard InChI is InChI=1S/C22H26N2O4S/c1-3-22(4-2,23-13-15-28-16-14-23)21(25)17-5-9-19(10-6-17)29-20-11-7-18(8-12-20)24(26)27/h5-12H,3-4,13-16H2,1-2H3. The molecule has 0 radical (unpaired) electrons. The van der Waals surface area contributed by atoms with Gasteiger partial charge in [0.25, 0.3) is 5.69 Å². The smallest absolute Gasteiger partial charge is 0.269 e. The fraction of sp³-hybridized carbons (Fsp3) is 0.409. The van der Waals surface area contributed by atoms with Crippen molar-refractivity contribution in [3.8, 4) is 0 Å². The van der Waals surface area contributed by atoms with E-state index < -0.39 is 10.5 Å². The molecule has 3 rings (SSSR count). The Kier molecular flexibility index (Phi) is 7.05. The number of morpholine rings is 1. The van der Waals surface area contributed by atoms with Gasteiger partial charge in [0.2, 0.25) is 0 Å². The van der Waals surface area contributed by atoms with Gasteiger partial charge in [0.15, 0.2) is 5.78 Å². The Labute approximate surface area is 175 Å². The number of nitro benzene ring substituents is 1. The van der Waals surface area contributed by atoms with Gasteiger partial charge in [0.1, 0.15) is 0 Å². The highest BCUT2D eigenvalue weighted by Gasteiger charge is 2.41. The second-order valence-electron chi connectivity index (χ2n) is 7.04. The molecule has 1 aliphatic heterocycles. The summed E-state index contributed by atoms with van der Waals surface area (Å²) in [4.78, 5) is 28.0. The number of hydrogen-bond acceptors (Lipinski definition) is 6. The lowest BCUT2D eigenvalue weighted by atomic mass is 9.82. The van der Waals surface area contributed by atoms with Gasteiger partial charge >= 0.3 is 0 Å². The van der Waals surface area contributed by atoms with E-state index in [-0.39, 0.29) is 11.5 Å². The number of carbonyl (C=O) groups excluding carboxylic acids is 1. The molecule has 154 valence electrons. The number of hydrogen-bond donors (Lipinski definition) is 0. The molecule has 0 aliphatic carbocycles. The molecule has 0 N–H and O–H groups in total. The summed E-state index contributed by atoms with van der Waals surface area (Å²) >= 11 is 1.51. The minimum Gasteiger partial charge on any atom is -0.379 e. The van der Waals surface area contributed by atoms with E-state index in [1.807, 2.05) is 24.3 Å². The van der Waals surface area contributed by atoms with Crippen molar-refractivity contribution < 1.29 is 14.5 Å². The number of Topliss-reactive ketones (excluding diaryl/α,β-unsaturated/α-hetero) is 1. The minimum absolute atomic E-state index is 0.0777. The highest BCUT2D eigenvalue weighted by Crippen LogP contribution is 2.32. The molecule has 2 aromatic rings. The van der Waals surface area contributed by atoms with Gasteiger partial charge in [0, 0.05) is 40.6 Å². The molecule has 7 heteroatoms. The topological polar surface area (TPSA) is 72.7 Å². The third-order valence-corrected chi connectivity index (χ3v) is 6.62. The van der Waals surface area contributed by atoms with Crippen LogP contribution >= 0.6 is 11.8 Å². The Hall–Kier alpha value is -2.22. The second kappa shape index (κ2) is 9.52. The van der Waals surface area contributed by atoms with Crippen LogP contribution < -0.4 is 0 Å². The molecule has 29 heavy (non-hydrogen) atoms. The molecule has 1 aliphatic rings. The SMILES string of the molecule is CCC(CC)(C(=O)c1ccc(Sc2ccc([N+](=O)[O-])cc2)cc1)N1CCOCC1. The van der Waals surface area contributed by atoms with Crippen molar-refractivity contribution in [2.45, 2.75) is 42.0 Å². The van der Waals surface area contributed by atoms with Crippen LogP contribution in [0.1, 0.15) is 37.0 Å². The summed E-state index contributed by atoms with van der Waals surface area (Å²) in [6.07, 6.45) is 1.53. The summed E-state index contributed by atoms with van der Waals surface area (Å²) < 4.78 is 5.47. The van der Waals surface area contributed by atoms with Gasteiger partial charge in [0.05, 0.1) is 23.7 Å². The van der Waals surface area contributed by atoms with Crippen LogP contribution in [0.15, 0.2) is 58.3 Å². The summed E-state index contributed by atoms with van der Waals surface area (Å²) in [5.41, 5.74) is 0.304. The van der Waals surface area contributed by atoms with Gasteiger partial charge in [-0.3, -0.25) is 19.8 Å². The van der Waals surface area contributed by atoms with Crippen molar-refractivity contribution >= 4 is 23.2 Å². The molecule has 0 atom stereocenters. The molecular formula is C22H26N2O4S. The van der Waals surface area contributed by atoms with E-state index in [4.69, 9.17) is 4.74 Å². The highest BCUT2D eigenvalue weighted by molar-refractivity contribution is 7.99. The van der Waals surface area contributed by atoms with E-state index >= 15 is 0 Å². The molecule has 0 aromatic heterocycles. The largest absolute Gasteiger partial charge is 0.379 e. The third kappa shape index (κ3) is 4.69. The lowest BCUT2D eigenvalue weighted by molar-refractivity contribution is -0.384. The third-order valence-electron chi connectivity index (χ3n) is 5.61. The van der Waals surface area contributed by atoms with Crippen LogP contribution in [0.3, 0.4) is 0 Å². The molecule has 0 amide bonds. The van der Waals surface area contributed by atoms with Crippen molar-refractivity contribution in [2.75, 3.05) is 26.3 Å². The number of ketones is 1. The van der Waals surface area contributed by atoms with Crippen molar-refractivity contribution in [1.82, 2.24) is 4.90 Å². The monoisotopic (exact) mass is 414 g/mol. The maximum atomic E-state index is 13.4. The first-order valence-corrected chi connectivity index (χ1v) is 10.7. The number of carbonyl (C=O) groups is 1. The number of nitro groups is 1. The zero-order valence-corrected chi connectivity index (χ0v) is 17.6. The molecule has 1 fully saturated rings. The number of non-ortho nitro benzene ring substituents is 1. The molecule has 0 unspecified atom stereocenters. The lowest BCUT2D eigenvalue weighted by Gasteiger charge is -2.43. The summed E-state index contributed by atoms with van der Waals surface area (Å²) in [5.74, 6) is 0.163. The fourth-order valence-corrected chi connectivity index (χ4v) is 4.68. The van der Waals surface area contributed by atoms with Gasteiger partial charge in [-0.15, -0.1) is 0 Å². The summed E-state index contributed by atoms with van der Waals surface area (Å²) in [6.45, 7) is 7.05. The first kappa shape index (κ1) is 21.5. The molecule has 0 spiro atoms. The Morgan fingerprint density at radius 3 is 2.03 bits per heavy atom. The normalized spacial score (nSPS) is 15.2. The molecule has 2 aromatic carbocycles. The Balaban J connectivity index is 1.75. The zero-order valence-electron chi connectivity index (χ0n) is 16.8. The van der Waals surface area contributed by atoms with Crippen LogP contribution in [0.25, 0.3) is 0 Å². The van der Waals surface area contributed by atoms with E-state index in [0.717, 1.165) is 35.7 Å². The number of nitrogens with zero attached hydrogens (tertiary/aromatic N) is 2. The average molecular weight is 415 g/mol. The fourth-order valence-electron chi connectivity index (χ4n) is 3.87. The van der Waals surface area contributed by atoms with E-state index in [2.05, 4.69) is 18.7 Å². The van der Waals surface area contributed by atoms with Crippen molar-refractivity contribution in [3.63, 3.8) is 0 Å². The summed E-state index contributed by atoms with van der Waals surface area (Å²) in [5, 5.41) is 10.8. The molecular weight excluding hydrogens is 388 g/mol. The van der Waals surface area contributed by atoms with Crippen LogP contribution in [0.2, 0.25) is 0 Å². The van der Waals surface area contributed by atoms with Gasteiger partial charge in [-0.25, -0.2) is 0 Å². The molecule has 1 saturated heterocycles. The number of ether oxygens (including phenoxy) is 1. The van der Waals surface area contributed by atoms with E-state index in [1.165, 1.54) is 23.9 Å². The highest BCUT2D eigenvalue weighted by atomic mass is 32.2. The lowest BCUT2D eigenvalue weighted by Crippen LogP contribution is -2.57. The molecule has 0 saturated carbocycles. The first-order valence-electron chi connectivity index (χ1n) is 9.90. The van der Waals surface area contributed by atoms with E-state index in [0.29, 0.717) is 18.8 Å². The van der Waals surface area contributed by atoms with Gasteiger partial charge < -0.3 is 4.74 Å². The van der Waals surface area contributed by atoms with Crippen LogP contribution in [-0.2, 0) is 4.74 Å². The average Bonchev–Trinajstić information content (AvgIpc) is 2.76. The van der Waals surface area contributed by atoms with Crippen LogP contribution in [0.4, 0.5) is 5.69 Å². The predicted octanol–water partition coefficient (Wildman–Crippen LogP) is 4.82. The molecule has 0 bridgehead atoms. The quantitative estimate of drug-likeness (QED) is 0.350. The summed E-state index contributed by atoms with van der Waals surface area (Å²) in [7, 11) is 0. The van der Waals surface area contributed by atoms with Crippen LogP contribution in [-0.4, -0.2) is 47.4 Å². The number of benzene rings is 2.